The third-order valence-electron chi connectivity index (χ3n) is 3.33. The van der Waals surface area contributed by atoms with Crippen LogP contribution in [0.15, 0.2) is 18.2 Å². The van der Waals surface area contributed by atoms with Crippen LogP contribution in [0, 0.1) is 10.1 Å². The Bertz CT molecular complexity index is 403. The SMILES string of the molecule is Cl.Nc1ccc(C2CCCCC2)cc1[N+](=O)[O-]. The molecule has 0 heterocycles. The van der Waals surface area contributed by atoms with E-state index >= 15 is 0 Å². The van der Waals surface area contributed by atoms with Gasteiger partial charge in [-0.25, -0.2) is 0 Å². The minimum absolute atomic E-state index is 0. The van der Waals surface area contributed by atoms with Crippen molar-refractivity contribution < 1.29 is 4.92 Å². The second-order valence-electron chi connectivity index (χ2n) is 4.41. The van der Waals surface area contributed by atoms with Crippen molar-refractivity contribution in [2.24, 2.45) is 0 Å². The zero-order valence-corrected chi connectivity index (χ0v) is 10.4. The number of nitrogens with zero attached hydrogens (tertiary/aromatic N) is 1. The van der Waals surface area contributed by atoms with Crippen LogP contribution in [0.5, 0.6) is 0 Å². The molecule has 2 rings (SSSR count). The van der Waals surface area contributed by atoms with Crippen LogP contribution in [0.3, 0.4) is 0 Å². The molecule has 0 saturated heterocycles. The van der Waals surface area contributed by atoms with Crippen molar-refractivity contribution in [1.29, 1.82) is 0 Å². The van der Waals surface area contributed by atoms with Gasteiger partial charge >= 0.3 is 0 Å². The standard InChI is InChI=1S/C12H16N2O2.ClH/c13-11-7-6-10(8-12(11)14(15)16)9-4-2-1-3-5-9;/h6-9H,1-5,13H2;1H. The summed E-state index contributed by atoms with van der Waals surface area (Å²) in [6.07, 6.45) is 6.02. The highest BCUT2D eigenvalue weighted by Crippen LogP contribution is 2.35. The van der Waals surface area contributed by atoms with Crippen molar-refractivity contribution in [3.05, 3.63) is 33.9 Å². The highest BCUT2D eigenvalue weighted by atomic mass is 35.5. The average molecular weight is 257 g/mol. The fourth-order valence-corrected chi connectivity index (χ4v) is 2.41. The summed E-state index contributed by atoms with van der Waals surface area (Å²) in [4.78, 5) is 10.4. The first kappa shape index (κ1) is 13.8. The fourth-order valence-electron chi connectivity index (χ4n) is 2.41. The van der Waals surface area contributed by atoms with Crippen LogP contribution < -0.4 is 5.73 Å². The van der Waals surface area contributed by atoms with Crippen LogP contribution in [0.4, 0.5) is 11.4 Å². The third-order valence-corrected chi connectivity index (χ3v) is 3.33. The Labute approximate surface area is 107 Å². The van der Waals surface area contributed by atoms with E-state index in [9.17, 15) is 10.1 Å². The van der Waals surface area contributed by atoms with Crippen molar-refractivity contribution in [2.75, 3.05) is 5.73 Å². The van der Waals surface area contributed by atoms with Crippen molar-refractivity contribution in [3.63, 3.8) is 0 Å². The second kappa shape index (κ2) is 5.87. The lowest BCUT2D eigenvalue weighted by Crippen LogP contribution is -2.05. The van der Waals surface area contributed by atoms with Gasteiger partial charge in [0.25, 0.3) is 5.69 Å². The van der Waals surface area contributed by atoms with Gasteiger partial charge in [0.15, 0.2) is 0 Å². The molecule has 0 atom stereocenters. The molecule has 1 saturated carbocycles. The molecule has 4 nitrogen and oxygen atoms in total. The molecule has 0 aliphatic heterocycles. The van der Waals surface area contributed by atoms with E-state index in [1.165, 1.54) is 19.3 Å². The summed E-state index contributed by atoms with van der Waals surface area (Å²) in [6, 6.07) is 5.23. The molecule has 0 amide bonds. The van der Waals surface area contributed by atoms with Crippen LogP contribution >= 0.6 is 12.4 Å². The molecule has 2 N–H and O–H groups in total. The highest BCUT2D eigenvalue weighted by Gasteiger charge is 2.19. The second-order valence-corrected chi connectivity index (χ2v) is 4.41. The number of rotatable bonds is 2. The Hall–Kier alpha value is -1.29. The van der Waals surface area contributed by atoms with Gasteiger partial charge < -0.3 is 5.73 Å². The molecule has 94 valence electrons. The predicted octanol–water partition coefficient (Wildman–Crippen LogP) is 3.65. The maximum Gasteiger partial charge on any atom is 0.292 e. The topological polar surface area (TPSA) is 69.2 Å². The highest BCUT2D eigenvalue weighted by molar-refractivity contribution is 5.85. The summed E-state index contributed by atoms with van der Waals surface area (Å²) < 4.78 is 0. The zero-order chi connectivity index (χ0) is 11.5. The van der Waals surface area contributed by atoms with E-state index < -0.39 is 4.92 Å². The van der Waals surface area contributed by atoms with Crippen molar-refractivity contribution in [1.82, 2.24) is 0 Å². The van der Waals surface area contributed by atoms with Crippen LogP contribution in [0.25, 0.3) is 0 Å². The number of benzene rings is 1. The van der Waals surface area contributed by atoms with Crippen LogP contribution in [-0.4, -0.2) is 4.92 Å². The molecule has 1 aliphatic carbocycles. The van der Waals surface area contributed by atoms with Crippen LogP contribution in [-0.2, 0) is 0 Å². The van der Waals surface area contributed by atoms with Gasteiger partial charge in [0, 0.05) is 6.07 Å². The van der Waals surface area contributed by atoms with E-state index in [-0.39, 0.29) is 23.8 Å². The van der Waals surface area contributed by atoms with Gasteiger partial charge in [-0.15, -0.1) is 12.4 Å². The van der Waals surface area contributed by atoms with Gasteiger partial charge in [-0.2, -0.15) is 0 Å². The van der Waals surface area contributed by atoms with Gasteiger partial charge in [0.05, 0.1) is 4.92 Å². The van der Waals surface area contributed by atoms with E-state index in [2.05, 4.69) is 0 Å². The lowest BCUT2D eigenvalue weighted by atomic mass is 9.84. The number of hydrogen-bond acceptors (Lipinski definition) is 3. The molecule has 1 fully saturated rings. The number of halogens is 1. The largest absolute Gasteiger partial charge is 0.393 e. The Morgan fingerprint density at radius 3 is 2.47 bits per heavy atom. The Morgan fingerprint density at radius 1 is 1.24 bits per heavy atom. The first-order valence-corrected chi connectivity index (χ1v) is 5.72. The Morgan fingerprint density at radius 2 is 1.88 bits per heavy atom. The minimum Gasteiger partial charge on any atom is -0.393 e. The van der Waals surface area contributed by atoms with Crippen LogP contribution in [0.2, 0.25) is 0 Å². The molecule has 1 aromatic carbocycles. The third kappa shape index (κ3) is 3.09. The smallest absolute Gasteiger partial charge is 0.292 e. The summed E-state index contributed by atoms with van der Waals surface area (Å²) in [5.74, 6) is 0.480. The van der Waals surface area contributed by atoms with Gasteiger partial charge in [-0.1, -0.05) is 25.3 Å². The summed E-state index contributed by atoms with van der Waals surface area (Å²) in [5.41, 5.74) is 6.95. The van der Waals surface area contributed by atoms with Crippen molar-refractivity contribution in [2.45, 2.75) is 38.0 Å². The molecule has 0 spiro atoms. The molecule has 1 aliphatic rings. The summed E-state index contributed by atoms with van der Waals surface area (Å²) >= 11 is 0. The average Bonchev–Trinajstić information content (AvgIpc) is 2.30. The fraction of sp³-hybridized carbons (Fsp3) is 0.500. The summed E-state index contributed by atoms with van der Waals surface area (Å²) in [5, 5.41) is 10.8. The number of nitro benzene ring substituents is 1. The summed E-state index contributed by atoms with van der Waals surface area (Å²) in [6.45, 7) is 0. The molecule has 17 heavy (non-hydrogen) atoms. The molecule has 0 bridgehead atoms. The predicted molar refractivity (Wildman–Crippen MR) is 70.6 cm³/mol. The van der Waals surface area contributed by atoms with E-state index in [4.69, 9.17) is 5.73 Å². The molecule has 1 aromatic rings. The first-order valence-electron chi connectivity index (χ1n) is 5.72. The lowest BCUT2D eigenvalue weighted by molar-refractivity contribution is -0.384. The lowest BCUT2D eigenvalue weighted by Gasteiger charge is -2.21. The number of nitrogen functional groups attached to an aromatic ring is 1. The monoisotopic (exact) mass is 256 g/mol. The molecular weight excluding hydrogens is 240 g/mol. The quantitative estimate of drug-likeness (QED) is 0.499. The van der Waals surface area contributed by atoms with Gasteiger partial charge in [0.1, 0.15) is 5.69 Å². The minimum atomic E-state index is -0.401. The van der Waals surface area contributed by atoms with Crippen molar-refractivity contribution >= 4 is 23.8 Å². The number of nitrogens with two attached hydrogens (primary N) is 1. The Kier molecular flexibility index (Phi) is 4.75. The van der Waals surface area contributed by atoms with Gasteiger partial charge in [-0.05, 0) is 30.4 Å². The van der Waals surface area contributed by atoms with Crippen molar-refractivity contribution in [3.8, 4) is 0 Å². The molecule has 5 heteroatoms. The Balaban J connectivity index is 0.00000144. The maximum atomic E-state index is 10.8. The molecule has 0 unspecified atom stereocenters. The van der Waals surface area contributed by atoms with E-state index in [1.54, 1.807) is 12.1 Å². The molecular formula is C12H17ClN2O2. The molecule has 0 radical (unpaired) electrons. The number of anilines is 1. The van der Waals surface area contributed by atoms with Gasteiger partial charge in [-0.3, -0.25) is 10.1 Å². The molecule has 0 aromatic heterocycles. The number of hydrogen-bond donors (Lipinski definition) is 1. The van der Waals surface area contributed by atoms with E-state index in [1.807, 2.05) is 6.07 Å². The van der Waals surface area contributed by atoms with Gasteiger partial charge in [0.2, 0.25) is 0 Å². The van der Waals surface area contributed by atoms with Crippen LogP contribution in [0.1, 0.15) is 43.6 Å². The maximum absolute atomic E-state index is 10.8. The number of nitro groups is 1. The van der Waals surface area contributed by atoms with E-state index in [0.29, 0.717) is 5.92 Å². The summed E-state index contributed by atoms with van der Waals surface area (Å²) in [7, 11) is 0. The van der Waals surface area contributed by atoms with E-state index in [0.717, 1.165) is 18.4 Å². The normalized spacial score (nSPS) is 16.2. The first-order chi connectivity index (χ1) is 7.68. The zero-order valence-electron chi connectivity index (χ0n) is 9.59.